The third-order valence-corrected chi connectivity index (χ3v) is 3.62. The van der Waals surface area contributed by atoms with E-state index in [4.69, 9.17) is 4.74 Å². The maximum absolute atomic E-state index is 12.1. The standard InChI is InChI=1S/C12H22N2O2/c1-13-9-10-4-6-14(7-5-10)12(15)11-3-2-8-16-11/h10-11,13H,2-9H2,1H3/t11-/m0/s1. The number of nitrogens with zero attached hydrogens (tertiary/aromatic N) is 1. The lowest BCUT2D eigenvalue weighted by atomic mass is 9.96. The molecule has 0 unspecified atom stereocenters. The Morgan fingerprint density at radius 1 is 1.38 bits per heavy atom. The van der Waals surface area contributed by atoms with Crippen molar-refractivity contribution in [1.29, 1.82) is 0 Å². The monoisotopic (exact) mass is 226 g/mol. The van der Waals surface area contributed by atoms with E-state index in [-0.39, 0.29) is 12.0 Å². The second kappa shape index (κ2) is 5.64. The fourth-order valence-corrected chi connectivity index (χ4v) is 2.62. The average molecular weight is 226 g/mol. The molecule has 4 nitrogen and oxygen atoms in total. The number of carbonyl (C=O) groups is 1. The van der Waals surface area contributed by atoms with E-state index < -0.39 is 0 Å². The summed E-state index contributed by atoms with van der Waals surface area (Å²) in [7, 11) is 1.99. The number of hydrogen-bond donors (Lipinski definition) is 1. The first-order valence-corrected chi connectivity index (χ1v) is 6.36. The molecular formula is C12H22N2O2. The molecule has 1 amide bonds. The van der Waals surface area contributed by atoms with E-state index in [1.807, 2.05) is 11.9 Å². The Morgan fingerprint density at radius 2 is 2.12 bits per heavy atom. The molecule has 0 aromatic heterocycles. The highest BCUT2D eigenvalue weighted by Crippen LogP contribution is 2.20. The molecule has 2 aliphatic rings. The molecule has 0 aromatic carbocycles. The van der Waals surface area contributed by atoms with Gasteiger partial charge in [-0.2, -0.15) is 0 Å². The summed E-state index contributed by atoms with van der Waals surface area (Å²) in [6, 6.07) is 0. The lowest BCUT2D eigenvalue weighted by Crippen LogP contribution is -2.44. The second-order valence-electron chi connectivity index (χ2n) is 4.83. The van der Waals surface area contributed by atoms with Crippen molar-refractivity contribution in [3.8, 4) is 0 Å². The first-order chi connectivity index (χ1) is 7.81. The fourth-order valence-electron chi connectivity index (χ4n) is 2.62. The van der Waals surface area contributed by atoms with Crippen LogP contribution in [0, 0.1) is 5.92 Å². The highest BCUT2D eigenvalue weighted by molar-refractivity contribution is 5.81. The molecule has 2 heterocycles. The van der Waals surface area contributed by atoms with Gasteiger partial charge in [-0.1, -0.05) is 0 Å². The summed E-state index contributed by atoms with van der Waals surface area (Å²) in [5, 5.41) is 3.21. The highest BCUT2D eigenvalue weighted by Gasteiger charge is 2.30. The second-order valence-corrected chi connectivity index (χ2v) is 4.83. The number of piperidine rings is 1. The summed E-state index contributed by atoms with van der Waals surface area (Å²) in [5.41, 5.74) is 0. The van der Waals surface area contributed by atoms with E-state index in [1.165, 1.54) is 0 Å². The van der Waals surface area contributed by atoms with Crippen LogP contribution in [0.1, 0.15) is 25.7 Å². The number of hydrogen-bond acceptors (Lipinski definition) is 3. The fraction of sp³-hybridized carbons (Fsp3) is 0.917. The van der Waals surface area contributed by atoms with E-state index in [0.29, 0.717) is 0 Å². The lowest BCUT2D eigenvalue weighted by Gasteiger charge is -2.33. The van der Waals surface area contributed by atoms with E-state index in [0.717, 1.165) is 57.8 Å². The number of rotatable bonds is 3. The van der Waals surface area contributed by atoms with Crippen molar-refractivity contribution in [1.82, 2.24) is 10.2 Å². The van der Waals surface area contributed by atoms with Gasteiger partial charge in [0.2, 0.25) is 0 Å². The molecule has 0 aromatic rings. The van der Waals surface area contributed by atoms with Gasteiger partial charge in [0.1, 0.15) is 6.10 Å². The van der Waals surface area contributed by atoms with Crippen LogP contribution in [0.4, 0.5) is 0 Å². The molecule has 0 aliphatic carbocycles. The van der Waals surface area contributed by atoms with Crippen molar-refractivity contribution < 1.29 is 9.53 Å². The van der Waals surface area contributed by atoms with Gasteiger partial charge in [0.05, 0.1) is 0 Å². The van der Waals surface area contributed by atoms with Crippen LogP contribution in [-0.2, 0) is 9.53 Å². The number of likely N-dealkylation sites (tertiary alicyclic amines) is 1. The molecule has 2 aliphatic heterocycles. The predicted molar refractivity (Wildman–Crippen MR) is 62.2 cm³/mol. The van der Waals surface area contributed by atoms with E-state index in [2.05, 4.69) is 5.32 Å². The quantitative estimate of drug-likeness (QED) is 0.767. The highest BCUT2D eigenvalue weighted by atomic mass is 16.5. The van der Waals surface area contributed by atoms with E-state index in [1.54, 1.807) is 0 Å². The largest absolute Gasteiger partial charge is 0.368 e. The molecule has 0 radical (unpaired) electrons. The lowest BCUT2D eigenvalue weighted by molar-refractivity contribution is -0.142. The summed E-state index contributed by atoms with van der Waals surface area (Å²) >= 11 is 0. The van der Waals surface area contributed by atoms with Crippen molar-refractivity contribution in [2.45, 2.75) is 31.8 Å². The van der Waals surface area contributed by atoms with Gasteiger partial charge in [-0.05, 0) is 45.2 Å². The maximum atomic E-state index is 12.1. The van der Waals surface area contributed by atoms with Gasteiger partial charge in [-0.25, -0.2) is 0 Å². The summed E-state index contributed by atoms with van der Waals surface area (Å²) in [5.74, 6) is 0.957. The molecule has 16 heavy (non-hydrogen) atoms. The van der Waals surface area contributed by atoms with Crippen LogP contribution in [0.5, 0.6) is 0 Å². The van der Waals surface area contributed by atoms with Gasteiger partial charge in [0.25, 0.3) is 5.91 Å². The van der Waals surface area contributed by atoms with Crippen LogP contribution < -0.4 is 5.32 Å². The van der Waals surface area contributed by atoms with Crippen LogP contribution in [0.2, 0.25) is 0 Å². The van der Waals surface area contributed by atoms with Gasteiger partial charge in [-0.3, -0.25) is 4.79 Å². The van der Waals surface area contributed by atoms with Gasteiger partial charge >= 0.3 is 0 Å². The zero-order valence-corrected chi connectivity index (χ0v) is 10.1. The molecule has 0 spiro atoms. The zero-order valence-electron chi connectivity index (χ0n) is 10.1. The van der Waals surface area contributed by atoms with E-state index >= 15 is 0 Å². The van der Waals surface area contributed by atoms with Gasteiger partial charge in [0, 0.05) is 19.7 Å². The Hall–Kier alpha value is -0.610. The van der Waals surface area contributed by atoms with Crippen LogP contribution in [0.25, 0.3) is 0 Å². The van der Waals surface area contributed by atoms with Crippen molar-refractivity contribution in [3.05, 3.63) is 0 Å². The number of ether oxygens (including phenoxy) is 1. The summed E-state index contributed by atoms with van der Waals surface area (Å²) < 4.78 is 5.44. The Labute approximate surface area is 97.3 Å². The number of carbonyl (C=O) groups excluding carboxylic acids is 1. The van der Waals surface area contributed by atoms with Crippen LogP contribution in [-0.4, -0.2) is 50.2 Å². The molecular weight excluding hydrogens is 204 g/mol. The topological polar surface area (TPSA) is 41.6 Å². The first kappa shape index (κ1) is 11.9. The molecule has 2 rings (SSSR count). The Bertz CT molecular complexity index is 231. The third-order valence-electron chi connectivity index (χ3n) is 3.62. The van der Waals surface area contributed by atoms with Crippen LogP contribution in [0.15, 0.2) is 0 Å². The molecule has 0 saturated carbocycles. The average Bonchev–Trinajstić information content (AvgIpc) is 2.83. The number of nitrogens with one attached hydrogen (secondary N) is 1. The van der Waals surface area contributed by atoms with Gasteiger partial charge in [-0.15, -0.1) is 0 Å². The third kappa shape index (κ3) is 2.74. The van der Waals surface area contributed by atoms with Crippen molar-refractivity contribution in [3.63, 3.8) is 0 Å². The number of amides is 1. The predicted octanol–water partition coefficient (Wildman–Crippen LogP) is 0.623. The van der Waals surface area contributed by atoms with Gasteiger partial charge in [0.15, 0.2) is 0 Å². The maximum Gasteiger partial charge on any atom is 0.251 e. The zero-order chi connectivity index (χ0) is 11.4. The molecule has 4 heteroatoms. The summed E-state index contributed by atoms with van der Waals surface area (Å²) in [6.45, 7) is 3.64. The smallest absolute Gasteiger partial charge is 0.251 e. The Morgan fingerprint density at radius 3 is 2.69 bits per heavy atom. The SMILES string of the molecule is CNCC1CCN(C(=O)[C@@H]2CCCO2)CC1. The summed E-state index contributed by atoms with van der Waals surface area (Å²) in [6.07, 6.45) is 4.06. The molecule has 2 fully saturated rings. The Kier molecular flexibility index (Phi) is 4.18. The molecule has 1 N–H and O–H groups in total. The normalized spacial score (nSPS) is 27.3. The minimum absolute atomic E-state index is 0.138. The Balaban J connectivity index is 1.77. The first-order valence-electron chi connectivity index (χ1n) is 6.36. The van der Waals surface area contributed by atoms with Crippen molar-refractivity contribution in [2.75, 3.05) is 33.3 Å². The van der Waals surface area contributed by atoms with E-state index in [9.17, 15) is 4.79 Å². The summed E-state index contributed by atoms with van der Waals surface area (Å²) in [4.78, 5) is 14.0. The van der Waals surface area contributed by atoms with Crippen LogP contribution in [0.3, 0.4) is 0 Å². The van der Waals surface area contributed by atoms with Gasteiger partial charge < -0.3 is 15.0 Å². The molecule has 2 saturated heterocycles. The van der Waals surface area contributed by atoms with Crippen molar-refractivity contribution >= 4 is 5.91 Å². The molecule has 0 bridgehead atoms. The molecule has 1 atom stereocenters. The van der Waals surface area contributed by atoms with Crippen molar-refractivity contribution in [2.24, 2.45) is 5.92 Å². The van der Waals surface area contributed by atoms with Crippen LogP contribution >= 0.6 is 0 Å². The minimum Gasteiger partial charge on any atom is -0.368 e. The molecule has 92 valence electrons. The minimum atomic E-state index is -0.138.